The number of nitrogens with one attached hydrogen (secondary N) is 1. The Morgan fingerprint density at radius 1 is 0.895 bits per heavy atom. The lowest BCUT2D eigenvalue weighted by molar-refractivity contribution is 0.0689. The lowest BCUT2D eigenvalue weighted by atomic mass is 10.0. The molecule has 0 bridgehead atoms. The van der Waals surface area contributed by atoms with E-state index in [9.17, 15) is 9.59 Å². The van der Waals surface area contributed by atoms with Crippen LogP contribution in [0.4, 0.5) is 5.69 Å². The quantitative estimate of drug-likeness (QED) is 0.298. The molecule has 6 rings (SSSR count). The third kappa shape index (κ3) is 5.01. The molecule has 3 heterocycles. The van der Waals surface area contributed by atoms with Gasteiger partial charge in [0.1, 0.15) is 17.1 Å². The van der Waals surface area contributed by atoms with Gasteiger partial charge in [0.15, 0.2) is 5.76 Å². The Morgan fingerprint density at radius 3 is 2.37 bits per heavy atom. The SMILES string of the molecule is O=C(Nc1cnn(C2CCN(C(=O)c3ccc(Oc4ccccc4)cc3)CC2)c1)c1cc2ccccc2o1. The minimum atomic E-state index is -0.318. The smallest absolute Gasteiger partial charge is 0.291 e. The third-order valence-electron chi connectivity index (χ3n) is 6.71. The average Bonchev–Trinajstić information content (AvgIpc) is 3.61. The number of hydrogen-bond acceptors (Lipinski definition) is 5. The van der Waals surface area contributed by atoms with Crippen LogP contribution in [-0.4, -0.2) is 39.6 Å². The predicted octanol–water partition coefficient (Wildman–Crippen LogP) is 6.15. The zero-order valence-corrected chi connectivity index (χ0v) is 20.6. The first kappa shape index (κ1) is 23.5. The summed E-state index contributed by atoms with van der Waals surface area (Å²) >= 11 is 0. The minimum absolute atomic E-state index is 0.00830. The number of anilines is 1. The van der Waals surface area contributed by atoms with Gasteiger partial charge in [0.2, 0.25) is 0 Å². The van der Waals surface area contributed by atoms with E-state index in [-0.39, 0.29) is 23.6 Å². The maximum Gasteiger partial charge on any atom is 0.291 e. The van der Waals surface area contributed by atoms with Gasteiger partial charge < -0.3 is 19.4 Å². The number of piperidine rings is 1. The molecule has 8 nitrogen and oxygen atoms in total. The van der Waals surface area contributed by atoms with Crippen molar-refractivity contribution in [3.05, 3.63) is 109 Å². The molecule has 1 fully saturated rings. The lowest BCUT2D eigenvalue weighted by Crippen LogP contribution is -2.39. The highest BCUT2D eigenvalue weighted by atomic mass is 16.5. The molecule has 3 aromatic carbocycles. The monoisotopic (exact) mass is 506 g/mol. The molecule has 0 radical (unpaired) electrons. The number of aromatic nitrogens is 2. The van der Waals surface area contributed by atoms with E-state index in [0.29, 0.717) is 35.7 Å². The highest BCUT2D eigenvalue weighted by Crippen LogP contribution is 2.26. The number of ether oxygens (including phenoxy) is 1. The van der Waals surface area contributed by atoms with Crippen molar-refractivity contribution in [2.24, 2.45) is 0 Å². The Bertz CT molecular complexity index is 1530. The number of para-hydroxylation sites is 2. The van der Waals surface area contributed by atoms with E-state index in [1.807, 2.05) is 82.5 Å². The molecule has 1 N–H and O–H groups in total. The summed E-state index contributed by atoms with van der Waals surface area (Å²) in [5, 5.41) is 8.19. The number of carbonyl (C=O) groups is 2. The van der Waals surface area contributed by atoms with Gasteiger partial charge in [-0.25, -0.2) is 0 Å². The highest BCUT2D eigenvalue weighted by molar-refractivity contribution is 6.04. The fourth-order valence-corrected chi connectivity index (χ4v) is 4.69. The van der Waals surface area contributed by atoms with E-state index >= 15 is 0 Å². The van der Waals surface area contributed by atoms with Crippen LogP contribution in [0.3, 0.4) is 0 Å². The standard InChI is InChI=1S/C30H26N4O4/c35-29(28-18-22-6-4-5-9-27(22)38-28)32-23-19-31-34(20-23)24-14-16-33(17-15-24)30(36)21-10-12-26(13-11-21)37-25-7-2-1-3-8-25/h1-13,18-20,24H,14-17H2,(H,32,35). The number of amides is 2. The Labute approximate surface area is 219 Å². The molecule has 0 atom stereocenters. The summed E-state index contributed by atoms with van der Waals surface area (Å²) in [4.78, 5) is 27.6. The van der Waals surface area contributed by atoms with Gasteiger partial charge in [0, 0.05) is 30.2 Å². The number of benzene rings is 3. The number of nitrogens with zero attached hydrogens (tertiary/aromatic N) is 3. The van der Waals surface area contributed by atoms with Gasteiger partial charge in [-0.2, -0.15) is 5.10 Å². The first-order valence-corrected chi connectivity index (χ1v) is 12.6. The molecule has 0 spiro atoms. The predicted molar refractivity (Wildman–Crippen MR) is 144 cm³/mol. The first-order valence-electron chi connectivity index (χ1n) is 12.6. The molecule has 2 amide bonds. The number of carbonyl (C=O) groups excluding carboxylic acids is 2. The zero-order valence-electron chi connectivity index (χ0n) is 20.6. The fraction of sp³-hybridized carbons (Fsp3) is 0.167. The average molecular weight is 507 g/mol. The molecule has 190 valence electrons. The summed E-state index contributed by atoms with van der Waals surface area (Å²) in [5.41, 5.74) is 1.91. The summed E-state index contributed by atoms with van der Waals surface area (Å²) in [6, 6.07) is 26.2. The summed E-state index contributed by atoms with van der Waals surface area (Å²) in [5.74, 6) is 1.39. The van der Waals surface area contributed by atoms with Gasteiger partial charge in [-0.15, -0.1) is 0 Å². The van der Waals surface area contributed by atoms with Crippen LogP contribution in [0, 0.1) is 0 Å². The molecular weight excluding hydrogens is 480 g/mol. The van der Waals surface area contributed by atoms with E-state index in [0.717, 1.165) is 24.0 Å². The minimum Gasteiger partial charge on any atom is -0.457 e. The molecule has 1 aliphatic rings. The van der Waals surface area contributed by atoms with Crippen LogP contribution in [0.2, 0.25) is 0 Å². The van der Waals surface area contributed by atoms with Gasteiger partial charge in [-0.1, -0.05) is 36.4 Å². The topological polar surface area (TPSA) is 89.6 Å². The summed E-state index contributed by atoms with van der Waals surface area (Å²) in [6.07, 6.45) is 5.02. The maximum atomic E-state index is 13.0. The molecule has 5 aromatic rings. The highest BCUT2D eigenvalue weighted by Gasteiger charge is 2.25. The number of rotatable bonds is 6. The van der Waals surface area contributed by atoms with Crippen LogP contribution in [0.25, 0.3) is 11.0 Å². The van der Waals surface area contributed by atoms with Crippen molar-refractivity contribution >= 4 is 28.5 Å². The van der Waals surface area contributed by atoms with E-state index in [1.165, 1.54) is 0 Å². The van der Waals surface area contributed by atoms with Gasteiger partial charge in [-0.3, -0.25) is 14.3 Å². The van der Waals surface area contributed by atoms with Crippen molar-refractivity contribution in [3.8, 4) is 11.5 Å². The molecule has 0 unspecified atom stereocenters. The molecule has 1 aliphatic heterocycles. The lowest BCUT2D eigenvalue weighted by Gasteiger charge is -2.32. The van der Waals surface area contributed by atoms with Crippen LogP contribution in [-0.2, 0) is 0 Å². The number of hydrogen-bond donors (Lipinski definition) is 1. The van der Waals surface area contributed by atoms with E-state index in [4.69, 9.17) is 9.15 Å². The van der Waals surface area contributed by atoms with E-state index < -0.39 is 0 Å². The molecular formula is C30H26N4O4. The van der Waals surface area contributed by atoms with Crippen molar-refractivity contribution in [1.82, 2.24) is 14.7 Å². The molecule has 8 heteroatoms. The van der Waals surface area contributed by atoms with Gasteiger partial charge >= 0.3 is 0 Å². The van der Waals surface area contributed by atoms with Crippen molar-refractivity contribution < 1.29 is 18.7 Å². The van der Waals surface area contributed by atoms with Gasteiger partial charge in [0.05, 0.1) is 17.9 Å². The van der Waals surface area contributed by atoms with Gasteiger partial charge in [0.25, 0.3) is 11.8 Å². The van der Waals surface area contributed by atoms with E-state index in [1.54, 1.807) is 24.4 Å². The summed E-state index contributed by atoms with van der Waals surface area (Å²) in [6.45, 7) is 1.26. The molecule has 38 heavy (non-hydrogen) atoms. The van der Waals surface area contributed by atoms with Crippen LogP contribution in [0.15, 0.2) is 102 Å². The Balaban J connectivity index is 1.03. The van der Waals surface area contributed by atoms with E-state index in [2.05, 4.69) is 10.4 Å². The van der Waals surface area contributed by atoms with Crippen molar-refractivity contribution in [3.63, 3.8) is 0 Å². The Morgan fingerprint density at radius 2 is 1.61 bits per heavy atom. The van der Waals surface area contributed by atoms with Crippen LogP contribution < -0.4 is 10.1 Å². The van der Waals surface area contributed by atoms with Crippen LogP contribution in [0.1, 0.15) is 39.8 Å². The second kappa shape index (κ2) is 10.3. The Kier molecular flexibility index (Phi) is 6.35. The van der Waals surface area contributed by atoms with Crippen molar-refractivity contribution in [2.45, 2.75) is 18.9 Å². The number of fused-ring (bicyclic) bond motifs is 1. The van der Waals surface area contributed by atoms with Gasteiger partial charge in [-0.05, 0) is 61.4 Å². The second-order valence-electron chi connectivity index (χ2n) is 9.27. The third-order valence-corrected chi connectivity index (χ3v) is 6.71. The van der Waals surface area contributed by atoms with Crippen molar-refractivity contribution in [1.29, 1.82) is 0 Å². The fourth-order valence-electron chi connectivity index (χ4n) is 4.69. The normalized spacial score (nSPS) is 13.9. The number of likely N-dealkylation sites (tertiary alicyclic amines) is 1. The van der Waals surface area contributed by atoms with Crippen LogP contribution in [0.5, 0.6) is 11.5 Å². The maximum absolute atomic E-state index is 13.0. The molecule has 0 saturated carbocycles. The molecule has 2 aromatic heterocycles. The molecule has 0 aliphatic carbocycles. The largest absolute Gasteiger partial charge is 0.457 e. The number of furan rings is 1. The summed E-state index contributed by atoms with van der Waals surface area (Å²) in [7, 11) is 0. The first-order chi connectivity index (χ1) is 18.6. The molecule has 1 saturated heterocycles. The zero-order chi connectivity index (χ0) is 25.9. The van der Waals surface area contributed by atoms with Crippen molar-refractivity contribution in [2.75, 3.05) is 18.4 Å². The second-order valence-corrected chi connectivity index (χ2v) is 9.27. The van der Waals surface area contributed by atoms with Crippen LogP contribution >= 0.6 is 0 Å². The Hall–Kier alpha value is -4.85. The summed E-state index contributed by atoms with van der Waals surface area (Å²) < 4.78 is 13.3.